The largest absolute Gasteiger partial charge is 0.459 e. The molecule has 0 unspecified atom stereocenters. The Morgan fingerprint density at radius 3 is 2.91 bits per heavy atom. The van der Waals surface area contributed by atoms with Gasteiger partial charge in [-0.1, -0.05) is 6.92 Å². The van der Waals surface area contributed by atoms with Crippen LogP contribution in [0, 0.1) is 23.7 Å². The Kier molecular flexibility index (Phi) is 3.64. The number of hydrogen-bond acceptors (Lipinski definition) is 4. The molecule has 3 heterocycles. The molecule has 6 nitrogen and oxygen atoms in total. The number of furan rings is 1. The van der Waals surface area contributed by atoms with Gasteiger partial charge in [0.1, 0.15) is 0 Å². The van der Waals surface area contributed by atoms with E-state index in [9.17, 15) is 9.59 Å². The Balaban J connectivity index is 1.31. The van der Waals surface area contributed by atoms with Gasteiger partial charge in [-0.05, 0) is 24.5 Å². The number of ether oxygens (including phenoxy) is 1. The minimum Gasteiger partial charge on any atom is -0.459 e. The third-order valence-electron chi connectivity index (χ3n) is 5.45. The predicted octanol–water partition coefficient (Wildman–Crippen LogP) is 1.14. The summed E-state index contributed by atoms with van der Waals surface area (Å²) < 4.78 is 10.9. The zero-order valence-corrected chi connectivity index (χ0v) is 13.2. The lowest BCUT2D eigenvalue weighted by Gasteiger charge is -2.20. The van der Waals surface area contributed by atoms with Crippen LogP contribution in [0.15, 0.2) is 22.8 Å². The molecule has 2 aliphatic heterocycles. The number of likely N-dealkylation sites (tertiary alicyclic amines) is 1. The van der Waals surface area contributed by atoms with Crippen molar-refractivity contribution >= 4 is 11.8 Å². The highest BCUT2D eigenvalue weighted by Crippen LogP contribution is 2.41. The van der Waals surface area contributed by atoms with Gasteiger partial charge in [-0.2, -0.15) is 0 Å². The van der Waals surface area contributed by atoms with Gasteiger partial charge >= 0.3 is 0 Å². The fourth-order valence-electron chi connectivity index (χ4n) is 3.81. The average molecular weight is 318 g/mol. The lowest BCUT2D eigenvalue weighted by molar-refractivity contribution is -0.132. The van der Waals surface area contributed by atoms with Crippen molar-refractivity contribution in [3.63, 3.8) is 0 Å². The Labute approximate surface area is 135 Å². The maximum absolute atomic E-state index is 12.4. The number of nitrogens with one attached hydrogen (secondary N) is 1. The van der Waals surface area contributed by atoms with Gasteiger partial charge in [-0.25, -0.2) is 0 Å². The summed E-state index contributed by atoms with van der Waals surface area (Å²) in [5.41, 5.74) is 0. The highest BCUT2D eigenvalue weighted by Gasteiger charge is 2.49. The Hall–Kier alpha value is -1.82. The standard InChI is InChI=1S/C17H22N2O4/c1-10-5-12(10)17(21)19-7-13-11(9-23-15(13)8-19)6-18-16(20)14-3-2-4-22-14/h2-4,10-13,15H,5-9H2,1H3,(H,18,20)/t10-,11+,12+,13-,15-/m1/s1. The van der Waals surface area contributed by atoms with Crippen molar-refractivity contribution in [3.8, 4) is 0 Å². The molecule has 0 bridgehead atoms. The van der Waals surface area contributed by atoms with E-state index in [2.05, 4.69) is 12.2 Å². The molecule has 0 aromatic carbocycles. The minimum absolute atomic E-state index is 0.124. The van der Waals surface area contributed by atoms with E-state index in [1.165, 1.54) is 6.26 Å². The number of fused-ring (bicyclic) bond motifs is 1. The number of amides is 2. The summed E-state index contributed by atoms with van der Waals surface area (Å²) in [5, 5.41) is 2.91. The fraction of sp³-hybridized carbons (Fsp3) is 0.647. The monoisotopic (exact) mass is 318 g/mol. The molecule has 124 valence electrons. The number of rotatable bonds is 4. The van der Waals surface area contributed by atoms with E-state index in [4.69, 9.17) is 9.15 Å². The van der Waals surface area contributed by atoms with E-state index >= 15 is 0 Å². The minimum atomic E-state index is -0.198. The smallest absolute Gasteiger partial charge is 0.286 e. The van der Waals surface area contributed by atoms with Crippen molar-refractivity contribution < 1.29 is 18.7 Å². The van der Waals surface area contributed by atoms with E-state index in [-0.39, 0.29) is 29.8 Å². The number of carbonyl (C=O) groups excluding carboxylic acids is 2. The maximum Gasteiger partial charge on any atom is 0.286 e. The molecule has 3 aliphatic rings. The quantitative estimate of drug-likeness (QED) is 0.903. The summed E-state index contributed by atoms with van der Waals surface area (Å²) in [6.07, 6.45) is 2.63. The first-order valence-electron chi connectivity index (χ1n) is 8.35. The van der Waals surface area contributed by atoms with Crippen LogP contribution >= 0.6 is 0 Å². The molecule has 3 fully saturated rings. The topological polar surface area (TPSA) is 71.8 Å². The van der Waals surface area contributed by atoms with Gasteiger partial charge in [0.05, 0.1) is 19.0 Å². The first kappa shape index (κ1) is 14.8. The van der Waals surface area contributed by atoms with Crippen molar-refractivity contribution in [1.82, 2.24) is 10.2 Å². The molecule has 5 atom stereocenters. The lowest BCUT2D eigenvalue weighted by Crippen LogP contribution is -2.35. The fourth-order valence-corrected chi connectivity index (χ4v) is 3.81. The first-order valence-corrected chi connectivity index (χ1v) is 8.35. The second-order valence-electron chi connectivity index (χ2n) is 7.05. The van der Waals surface area contributed by atoms with Crippen molar-refractivity contribution in [2.24, 2.45) is 23.7 Å². The summed E-state index contributed by atoms with van der Waals surface area (Å²) >= 11 is 0. The van der Waals surface area contributed by atoms with Crippen LogP contribution in [0.2, 0.25) is 0 Å². The van der Waals surface area contributed by atoms with Gasteiger partial charge in [0.25, 0.3) is 5.91 Å². The molecular formula is C17H22N2O4. The summed E-state index contributed by atoms with van der Waals surface area (Å²) in [6.45, 7) is 4.80. The highest BCUT2D eigenvalue weighted by molar-refractivity contribution is 5.91. The van der Waals surface area contributed by atoms with Crippen LogP contribution in [-0.4, -0.2) is 49.1 Å². The van der Waals surface area contributed by atoms with Crippen LogP contribution in [0.1, 0.15) is 23.9 Å². The molecule has 6 heteroatoms. The second-order valence-corrected chi connectivity index (χ2v) is 7.05. The summed E-state index contributed by atoms with van der Waals surface area (Å²) in [7, 11) is 0. The Bertz CT molecular complexity index is 600. The van der Waals surface area contributed by atoms with Gasteiger partial charge in [0.2, 0.25) is 5.91 Å². The van der Waals surface area contributed by atoms with Crippen LogP contribution in [0.4, 0.5) is 0 Å². The van der Waals surface area contributed by atoms with E-state index in [1.54, 1.807) is 12.1 Å². The summed E-state index contributed by atoms with van der Waals surface area (Å²) in [5.74, 6) is 1.76. The van der Waals surface area contributed by atoms with Crippen LogP contribution in [0.25, 0.3) is 0 Å². The normalized spacial score (nSPS) is 35.2. The lowest BCUT2D eigenvalue weighted by atomic mass is 9.93. The first-order chi connectivity index (χ1) is 11.1. The third kappa shape index (κ3) is 2.76. The van der Waals surface area contributed by atoms with Gasteiger partial charge in [0, 0.05) is 37.4 Å². The van der Waals surface area contributed by atoms with Crippen molar-refractivity contribution in [2.75, 3.05) is 26.2 Å². The predicted molar refractivity (Wildman–Crippen MR) is 81.6 cm³/mol. The van der Waals surface area contributed by atoms with Crippen molar-refractivity contribution in [3.05, 3.63) is 24.2 Å². The van der Waals surface area contributed by atoms with E-state index in [0.717, 1.165) is 13.0 Å². The molecular weight excluding hydrogens is 296 g/mol. The molecule has 2 amide bonds. The second kappa shape index (κ2) is 5.67. The molecule has 1 aliphatic carbocycles. The zero-order chi connectivity index (χ0) is 16.0. The van der Waals surface area contributed by atoms with Gasteiger partial charge < -0.3 is 19.4 Å². The molecule has 4 rings (SSSR count). The highest BCUT2D eigenvalue weighted by atomic mass is 16.5. The van der Waals surface area contributed by atoms with Gasteiger partial charge in [-0.3, -0.25) is 9.59 Å². The molecule has 1 aromatic heterocycles. The SMILES string of the molecule is C[C@@H]1C[C@@H]1C(=O)N1C[C@@H]2[C@@H](CNC(=O)c3ccco3)CO[C@@H]2C1. The van der Waals surface area contributed by atoms with Crippen LogP contribution < -0.4 is 5.32 Å². The van der Waals surface area contributed by atoms with Crippen molar-refractivity contribution in [2.45, 2.75) is 19.4 Å². The molecule has 1 N–H and O–H groups in total. The number of carbonyl (C=O) groups is 2. The molecule has 2 saturated heterocycles. The maximum atomic E-state index is 12.4. The number of nitrogens with zero attached hydrogens (tertiary/aromatic N) is 1. The van der Waals surface area contributed by atoms with Gasteiger partial charge in [-0.15, -0.1) is 0 Å². The Morgan fingerprint density at radius 1 is 1.39 bits per heavy atom. The van der Waals surface area contributed by atoms with Crippen LogP contribution in [0.5, 0.6) is 0 Å². The van der Waals surface area contributed by atoms with Gasteiger partial charge in [0.15, 0.2) is 5.76 Å². The third-order valence-corrected chi connectivity index (χ3v) is 5.45. The zero-order valence-electron chi connectivity index (χ0n) is 13.2. The number of hydrogen-bond donors (Lipinski definition) is 1. The molecule has 1 aromatic rings. The molecule has 0 spiro atoms. The summed E-state index contributed by atoms with van der Waals surface area (Å²) in [6, 6.07) is 3.35. The van der Waals surface area contributed by atoms with Crippen LogP contribution in [0.3, 0.4) is 0 Å². The molecule has 23 heavy (non-hydrogen) atoms. The van der Waals surface area contributed by atoms with Crippen molar-refractivity contribution in [1.29, 1.82) is 0 Å². The summed E-state index contributed by atoms with van der Waals surface area (Å²) in [4.78, 5) is 26.3. The molecule has 1 saturated carbocycles. The van der Waals surface area contributed by atoms with E-state index in [1.807, 2.05) is 4.90 Å². The molecule has 0 radical (unpaired) electrons. The van der Waals surface area contributed by atoms with Crippen LogP contribution in [-0.2, 0) is 9.53 Å². The Morgan fingerprint density at radius 2 is 2.22 bits per heavy atom. The van der Waals surface area contributed by atoms with E-state index < -0.39 is 0 Å². The van der Waals surface area contributed by atoms with E-state index in [0.29, 0.717) is 37.3 Å². The average Bonchev–Trinajstić information content (AvgIpc) is 2.99.